The van der Waals surface area contributed by atoms with E-state index in [0.717, 1.165) is 11.1 Å². The second-order valence-corrected chi connectivity index (χ2v) is 6.24. The van der Waals surface area contributed by atoms with Gasteiger partial charge in [0.2, 0.25) is 0 Å². The van der Waals surface area contributed by atoms with Crippen LogP contribution in [0.25, 0.3) is 0 Å². The highest BCUT2D eigenvalue weighted by Gasteiger charge is 2.19. The number of carbonyl (C=O) groups is 1. The fourth-order valence-electron chi connectivity index (χ4n) is 2.92. The van der Waals surface area contributed by atoms with Crippen molar-refractivity contribution in [2.24, 2.45) is 0 Å². The Kier molecular flexibility index (Phi) is 6.64. The number of methoxy groups -OCH3 is 1. The minimum atomic E-state index is -0.465. The summed E-state index contributed by atoms with van der Waals surface area (Å²) in [5.74, 6) is 0.153. The lowest BCUT2D eigenvalue weighted by molar-refractivity contribution is -0.117. The van der Waals surface area contributed by atoms with Gasteiger partial charge >= 0.3 is 0 Å². The third-order valence-electron chi connectivity index (χ3n) is 4.39. The highest BCUT2D eigenvalue weighted by molar-refractivity contribution is 5.98. The lowest BCUT2D eigenvalue weighted by Gasteiger charge is -2.19. The minimum Gasteiger partial charge on any atom is -0.495 e. The van der Waals surface area contributed by atoms with Crippen LogP contribution in [0.2, 0.25) is 0 Å². The Morgan fingerprint density at radius 1 is 0.931 bits per heavy atom. The fourth-order valence-corrected chi connectivity index (χ4v) is 2.92. The number of hydrogen-bond donors (Lipinski definition) is 2. The fraction of sp³-hybridized carbons (Fsp3) is 0.0833. The van der Waals surface area contributed by atoms with Crippen molar-refractivity contribution in [1.82, 2.24) is 5.32 Å². The molecule has 0 aromatic heterocycles. The number of hydrogen-bond acceptors (Lipinski definition) is 4. The molecule has 5 heteroatoms. The van der Waals surface area contributed by atoms with Crippen LogP contribution >= 0.6 is 0 Å². The first kappa shape index (κ1) is 19.7. The average Bonchev–Trinajstić information content (AvgIpc) is 2.79. The van der Waals surface area contributed by atoms with Crippen molar-refractivity contribution in [2.75, 3.05) is 12.4 Å². The number of anilines is 1. The molecule has 0 heterocycles. The van der Waals surface area contributed by atoms with E-state index in [1.807, 2.05) is 78.9 Å². The quantitative estimate of drug-likeness (QED) is 0.468. The zero-order valence-corrected chi connectivity index (χ0v) is 16.0. The predicted molar refractivity (Wildman–Crippen MR) is 113 cm³/mol. The molecule has 0 aliphatic carbocycles. The number of amides is 1. The molecule has 0 spiro atoms. The van der Waals surface area contributed by atoms with Gasteiger partial charge in [-0.3, -0.25) is 4.79 Å². The predicted octanol–water partition coefficient (Wildman–Crippen LogP) is 4.42. The molecule has 29 heavy (non-hydrogen) atoms. The van der Waals surface area contributed by atoms with Gasteiger partial charge in [0.15, 0.2) is 0 Å². The molecule has 0 bridgehead atoms. The number of ether oxygens (including phenoxy) is 1. The average molecular weight is 383 g/mol. The molecule has 0 unspecified atom stereocenters. The minimum absolute atomic E-state index is 0.0345. The zero-order valence-electron chi connectivity index (χ0n) is 16.0. The van der Waals surface area contributed by atoms with E-state index in [9.17, 15) is 10.1 Å². The first-order valence-electron chi connectivity index (χ1n) is 9.13. The first-order valence-corrected chi connectivity index (χ1v) is 9.13. The maximum atomic E-state index is 12.8. The maximum absolute atomic E-state index is 12.8. The number of carbonyl (C=O) groups excluding carboxylic acids is 1. The summed E-state index contributed by atoms with van der Waals surface area (Å²) in [6.45, 7) is 0. The smallest absolute Gasteiger partial charge is 0.264 e. The highest BCUT2D eigenvalue weighted by atomic mass is 16.5. The van der Waals surface area contributed by atoms with Gasteiger partial charge in [0.1, 0.15) is 17.4 Å². The van der Waals surface area contributed by atoms with Crippen LogP contribution in [0.4, 0.5) is 5.69 Å². The van der Waals surface area contributed by atoms with Crippen molar-refractivity contribution in [3.8, 4) is 11.8 Å². The first-order chi connectivity index (χ1) is 14.2. The number of benzene rings is 3. The van der Waals surface area contributed by atoms with E-state index in [0.29, 0.717) is 11.4 Å². The molecule has 3 rings (SSSR count). The largest absolute Gasteiger partial charge is 0.495 e. The second-order valence-electron chi connectivity index (χ2n) is 6.24. The number of nitriles is 1. The van der Waals surface area contributed by atoms with Gasteiger partial charge in [-0.05, 0) is 23.3 Å². The summed E-state index contributed by atoms with van der Waals surface area (Å²) in [7, 11) is 1.56. The Balaban J connectivity index is 1.83. The summed E-state index contributed by atoms with van der Waals surface area (Å²) in [5, 5.41) is 15.4. The zero-order chi connectivity index (χ0) is 20.5. The van der Waals surface area contributed by atoms with Crippen LogP contribution in [0.3, 0.4) is 0 Å². The van der Waals surface area contributed by atoms with Crippen LogP contribution in [0.1, 0.15) is 17.2 Å². The van der Waals surface area contributed by atoms with Crippen molar-refractivity contribution >= 4 is 11.6 Å². The van der Waals surface area contributed by atoms with E-state index < -0.39 is 5.91 Å². The molecule has 0 radical (unpaired) electrons. The van der Waals surface area contributed by atoms with Crippen LogP contribution in [0.15, 0.2) is 96.7 Å². The van der Waals surface area contributed by atoms with Crippen LogP contribution in [0, 0.1) is 11.3 Å². The van der Waals surface area contributed by atoms with Gasteiger partial charge in [0.05, 0.1) is 18.8 Å². The van der Waals surface area contributed by atoms with Crippen LogP contribution in [0.5, 0.6) is 5.75 Å². The van der Waals surface area contributed by atoms with Crippen LogP contribution < -0.4 is 15.4 Å². The highest BCUT2D eigenvalue weighted by Crippen LogP contribution is 2.24. The molecule has 0 saturated heterocycles. The molecular formula is C24H21N3O2. The molecule has 5 nitrogen and oxygen atoms in total. The van der Waals surface area contributed by atoms with Crippen molar-refractivity contribution in [1.29, 1.82) is 5.26 Å². The van der Waals surface area contributed by atoms with Crippen LogP contribution in [-0.4, -0.2) is 13.0 Å². The van der Waals surface area contributed by atoms with Crippen LogP contribution in [-0.2, 0) is 4.79 Å². The molecule has 2 N–H and O–H groups in total. The van der Waals surface area contributed by atoms with Gasteiger partial charge in [-0.1, -0.05) is 72.8 Å². The maximum Gasteiger partial charge on any atom is 0.264 e. The van der Waals surface area contributed by atoms with Crippen molar-refractivity contribution < 1.29 is 9.53 Å². The SMILES string of the molecule is COc1ccccc1N/C=C(/C#N)C(=O)NC(c1ccccc1)c1ccccc1. The van der Waals surface area contributed by atoms with E-state index in [2.05, 4.69) is 10.6 Å². The summed E-state index contributed by atoms with van der Waals surface area (Å²) in [4.78, 5) is 12.8. The van der Waals surface area contributed by atoms with Gasteiger partial charge in [-0.15, -0.1) is 0 Å². The molecule has 1 amide bonds. The molecule has 0 saturated carbocycles. The summed E-state index contributed by atoms with van der Waals surface area (Å²) >= 11 is 0. The second kappa shape index (κ2) is 9.77. The van der Waals surface area contributed by atoms with Gasteiger partial charge in [-0.2, -0.15) is 5.26 Å². The van der Waals surface area contributed by atoms with E-state index >= 15 is 0 Å². The number of para-hydroxylation sites is 2. The Hall–Kier alpha value is -4.04. The molecule has 0 aliphatic rings. The van der Waals surface area contributed by atoms with Gasteiger partial charge in [-0.25, -0.2) is 0 Å². The molecule has 3 aromatic rings. The summed E-state index contributed by atoms with van der Waals surface area (Å²) < 4.78 is 5.28. The van der Waals surface area contributed by atoms with E-state index in [1.54, 1.807) is 19.2 Å². The van der Waals surface area contributed by atoms with Crippen molar-refractivity contribution in [3.05, 3.63) is 108 Å². The third-order valence-corrected chi connectivity index (χ3v) is 4.39. The lowest BCUT2D eigenvalue weighted by Crippen LogP contribution is -2.30. The number of rotatable bonds is 7. The monoisotopic (exact) mass is 383 g/mol. The number of nitrogens with one attached hydrogen (secondary N) is 2. The Morgan fingerprint density at radius 3 is 2.03 bits per heavy atom. The van der Waals surface area contributed by atoms with Gasteiger partial charge in [0, 0.05) is 6.20 Å². The summed E-state index contributed by atoms with van der Waals surface area (Å²) in [6, 6.07) is 28.2. The van der Waals surface area contributed by atoms with E-state index in [-0.39, 0.29) is 11.6 Å². The Morgan fingerprint density at radius 2 is 1.48 bits per heavy atom. The molecule has 0 fully saturated rings. The van der Waals surface area contributed by atoms with Gasteiger partial charge in [0.25, 0.3) is 5.91 Å². The summed E-state index contributed by atoms with van der Waals surface area (Å²) in [5.41, 5.74) is 2.50. The van der Waals surface area contributed by atoms with E-state index in [1.165, 1.54) is 6.20 Å². The lowest BCUT2D eigenvalue weighted by atomic mass is 9.98. The summed E-state index contributed by atoms with van der Waals surface area (Å²) in [6.07, 6.45) is 1.39. The van der Waals surface area contributed by atoms with Crippen molar-refractivity contribution in [2.45, 2.75) is 6.04 Å². The number of nitrogens with zero attached hydrogens (tertiary/aromatic N) is 1. The normalized spacial score (nSPS) is 10.9. The van der Waals surface area contributed by atoms with Gasteiger partial charge < -0.3 is 15.4 Å². The Labute approximate surface area is 170 Å². The molecule has 3 aromatic carbocycles. The molecule has 0 aliphatic heterocycles. The molecular weight excluding hydrogens is 362 g/mol. The standard InChI is InChI=1S/C24H21N3O2/c1-29-22-15-9-8-14-21(22)26-17-20(16-25)24(28)27-23(18-10-4-2-5-11-18)19-12-6-3-7-13-19/h2-15,17,23,26H,1H3,(H,27,28)/b20-17-. The topological polar surface area (TPSA) is 74.1 Å². The molecule has 0 atom stereocenters. The molecule has 144 valence electrons. The third kappa shape index (κ3) is 5.02. The van der Waals surface area contributed by atoms with Crippen molar-refractivity contribution in [3.63, 3.8) is 0 Å². The van der Waals surface area contributed by atoms with E-state index in [4.69, 9.17) is 4.74 Å². The Bertz CT molecular complexity index is 985.